The van der Waals surface area contributed by atoms with Crippen LogP contribution in [0.25, 0.3) is 0 Å². The fraction of sp³-hybridized carbons (Fsp3) is 0.955. The standard InChI is InChI=1S/C22H44O2.Na.H/c1-3-5-7-9-10-11-12-13-14-15-17-19-21-24-22(23)20-18-16-8-6-4-2;;/h3-21H2,1-2H3;;/q;+1;-1. The van der Waals surface area contributed by atoms with Crippen LogP contribution in [0.3, 0.4) is 0 Å². The van der Waals surface area contributed by atoms with Crippen LogP contribution >= 0.6 is 0 Å². The van der Waals surface area contributed by atoms with E-state index in [1.165, 1.54) is 96.3 Å². The normalized spacial score (nSPS) is 10.5. The van der Waals surface area contributed by atoms with Crippen LogP contribution < -0.4 is 29.6 Å². The summed E-state index contributed by atoms with van der Waals surface area (Å²) < 4.78 is 5.30. The van der Waals surface area contributed by atoms with Crippen molar-refractivity contribution in [1.82, 2.24) is 0 Å². The summed E-state index contributed by atoms with van der Waals surface area (Å²) in [5, 5.41) is 0. The van der Waals surface area contributed by atoms with Crippen LogP contribution in [0.5, 0.6) is 0 Å². The Balaban J connectivity index is -0.00000264. The minimum atomic E-state index is 0. The van der Waals surface area contributed by atoms with E-state index in [9.17, 15) is 4.79 Å². The summed E-state index contributed by atoms with van der Waals surface area (Å²) in [5.74, 6) is 0.00886. The summed E-state index contributed by atoms with van der Waals surface area (Å²) in [5.41, 5.74) is 0. The SMILES string of the molecule is CCCCCCCCCCCCCCOC(=O)CCCCCCC.[H-].[Na+]. The molecule has 0 spiro atoms. The second-order valence-corrected chi connectivity index (χ2v) is 7.27. The molecule has 0 unspecified atom stereocenters. The van der Waals surface area contributed by atoms with Crippen molar-refractivity contribution in [3.8, 4) is 0 Å². The van der Waals surface area contributed by atoms with Crippen molar-refractivity contribution in [1.29, 1.82) is 0 Å². The quantitative estimate of drug-likeness (QED) is 0.188. The molecule has 25 heavy (non-hydrogen) atoms. The van der Waals surface area contributed by atoms with E-state index >= 15 is 0 Å². The fourth-order valence-corrected chi connectivity index (χ4v) is 3.07. The van der Waals surface area contributed by atoms with Crippen molar-refractivity contribution >= 4 is 5.97 Å². The number of rotatable bonds is 19. The van der Waals surface area contributed by atoms with Gasteiger partial charge in [0, 0.05) is 6.42 Å². The molecule has 0 aromatic heterocycles. The van der Waals surface area contributed by atoms with Gasteiger partial charge in [-0.2, -0.15) is 0 Å². The summed E-state index contributed by atoms with van der Waals surface area (Å²) in [6.07, 6.45) is 22.7. The van der Waals surface area contributed by atoms with Gasteiger partial charge in [0.2, 0.25) is 0 Å². The maximum Gasteiger partial charge on any atom is 1.00 e. The van der Waals surface area contributed by atoms with Crippen LogP contribution in [-0.2, 0) is 9.53 Å². The van der Waals surface area contributed by atoms with Gasteiger partial charge in [0.1, 0.15) is 0 Å². The zero-order valence-corrected chi connectivity index (χ0v) is 19.8. The van der Waals surface area contributed by atoms with Gasteiger partial charge < -0.3 is 6.16 Å². The number of carbonyl (C=O) groups is 1. The molecule has 0 saturated carbocycles. The number of esters is 1. The third kappa shape index (κ3) is 24.5. The van der Waals surface area contributed by atoms with Crippen molar-refractivity contribution in [2.45, 2.75) is 129 Å². The van der Waals surface area contributed by atoms with E-state index in [4.69, 9.17) is 4.74 Å². The van der Waals surface area contributed by atoms with Crippen molar-refractivity contribution < 1.29 is 40.5 Å². The Kier molecular flexibility index (Phi) is 27.1. The zero-order chi connectivity index (χ0) is 17.7. The van der Waals surface area contributed by atoms with Gasteiger partial charge in [0.05, 0.1) is 6.61 Å². The van der Waals surface area contributed by atoms with Crippen LogP contribution in [-0.4, -0.2) is 12.6 Å². The predicted molar refractivity (Wildman–Crippen MR) is 107 cm³/mol. The smallest absolute Gasteiger partial charge is 1.00 e. The monoisotopic (exact) mass is 364 g/mol. The average molecular weight is 365 g/mol. The van der Waals surface area contributed by atoms with Crippen molar-refractivity contribution in [2.24, 2.45) is 0 Å². The molecule has 0 aliphatic carbocycles. The molecular weight excluding hydrogens is 319 g/mol. The van der Waals surface area contributed by atoms with Gasteiger partial charge in [-0.25, -0.2) is 0 Å². The van der Waals surface area contributed by atoms with E-state index < -0.39 is 0 Å². The molecule has 0 aliphatic heterocycles. The molecule has 0 aromatic carbocycles. The predicted octanol–water partition coefficient (Wildman–Crippen LogP) is 4.71. The van der Waals surface area contributed by atoms with Gasteiger partial charge in [-0.15, -0.1) is 0 Å². The summed E-state index contributed by atoms with van der Waals surface area (Å²) in [7, 11) is 0. The molecule has 0 amide bonds. The van der Waals surface area contributed by atoms with E-state index in [1.807, 2.05) is 0 Å². The summed E-state index contributed by atoms with van der Waals surface area (Å²) in [4.78, 5) is 11.6. The van der Waals surface area contributed by atoms with E-state index in [-0.39, 0.29) is 37.0 Å². The maximum atomic E-state index is 11.6. The molecule has 0 aliphatic rings. The Hall–Kier alpha value is 0.470. The van der Waals surface area contributed by atoms with Crippen LogP contribution in [0.15, 0.2) is 0 Å². The second kappa shape index (κ2) is 24.5. The van der Waals surface area contributed by atoms with Gasteiger partial charge in [-0.3, -0.25) is 4.79 Å². The van der Waals surface area contributed by atoms with E-state index in [0.29, 0.717) is 13.0 Å². The molecule has 0 aromatic rings. The third-order valence-electron chi connectivity index (χ3n) is 4.75. The molecule has 0 fully saturated rings. The van der Waals surface area contributed by atoms with Crippen LogP contribution in [0.4, 0.5) is 0 Å². The fourth-order valence-electron chi connectivity index (χ4n) is 3.07. The van der Waals surface area contributed by atoms with Crippen molar-refractivity contribution in [2.75, 3.05) is 6.61 Å². The Labute approximate surface area is 182 Å². The summed E-state index contributed by atoms with van der Waals surface area (Å²) in [6, 6.07) is 0. The minimum Gasteiger partial charge on any atom is -1.00 e. The average Bonchev–Trinajstić information content (AvgIpc) is 2.59. The molecule has 146 valence electrons. The first kappa shape index (κ1) is 27.7. The first-order valence-electron chi connectivity index (χ1n) is 11.0. The summed E-state index contributed by atoms with van der Waals surface area (Å²) >= 11 is 0. The topological polar surface area (TPSA) is 26.3 Å². The number of hydrogen-bond donors (Lipinski definition) is 0. The molecule has 3 heteroatoms. The van der Waals surface area contributed by atoms with Gasteiger partial charge in [0.15, 0.2) is 0 Å². The number of hydrogen-bond acceptors (Lipinski definition) is 2. The zero-order valence-electron chi connectivity index (χ0n) is 18.8. The Morgan fingerprint density at radius 3 is 1.40 bits per heavy atom. The first-order valence-corrected chi connectivity index (χ1v) is 11.0. The second-order valence-electron chi connectivity index (χ2n) is 7.27. The Bertz CT molecular complexity index is 263. The van der Waals surface area contributed by atoms with Gasteiger partial charge in [-0.05, 0) is 12.8 Å². The molecular formula is C22H45NaO2. The van der Waals surface area contributed by atoms with Crippen LogP contribution in [0.2, 0.25) is 0 Å². The minimum absolute atomic E-state index is 0. The van der Waals surface area contributed by atoms with Crippen molar-refractivity contribution in [3.05, 3.63) is 0 Å². The van der Waals surface area contributed by atoms with Crippen molar-refractivity contribution in [3.63, 3.8) is 0 Å². The van der Waals surface area contributed by atoms with E-state index in [2.05, 4.69) is 13.8 Å². The van der Waals surface area contributed by atoms with Crippen LogP contribution in [0.1, 0.15) is 131 Å². The van der Waals surface area contributed by atoms with E-state index in [0.717, 1.165) is 12.8 Å². The summed E-state index contributed by atoms with van der Waals surface area (Å²) in [6.45, 7) is 5.11. The molecule has 0 atom stereocenters. The molecule has 0 radical (unpaired) electrons. The van der Waals surface area contributed by atoms with Gasteiger partial charge in [0.25, 0.3) is 0 Å². The van der Waals surface area contributed by atoms with Crippen LogP contribution in [0, 0.1) is 0 Å². The third-order valence-corrected chi connectivity index (χ3v) is 4.75. The molecule has 0 bridgehead atoms. The Morgan fingerprint density at radius 1 is 0.600 bits per heavy atom. The molecule has 2 nitrogen and oxygen atoms in total. The molecule has 0 N–H and O–H groups in total. The molecule has 0 rings (SSSR count). The number of unbranched alkanes of at least 4 members (excludes halogenated alkanes) is 15. The molecule has 0 heterocycles. The molecule has 0 saturated heterocycles. The maximum absolute atomic E-state index is 11.6. The number of carbonyl (C=O) groups excluding carboxylic acids is 1. The number of ether oxygens (including phenoxy) is 1. The first-order chi connectivity index (χ1) is 11.8. The Morgan fingerprint density at radius 2 is 0.960 bits per heavy atom. The largest absolute Gasteiger partial charge is 1.00 e. The van der Waals surface area contributed by atoms with E-state index in [1.54, 1.807) is 0 Å². The van der Waals surface area contributed by atoms with Gasteiger partial charge in [-0.1, -0.05) is 110 Å². The van der Waals surface area contributed by atoms with Gasteiger partial charge >= 0.3 is 35.5 Å².